The number of amides is 3. The maximum atomic E-state index is 15.3. The summed E-state index contributed by atoms with van der Waals surface area (Å²) in [4.78, 5) is 117. The molecule has 3 aliphatic rings. The number of benzene rings is 3. The first-order valence-electron chi connectivity index (χ1n) is 42.6. The van der Waals surface area contributed by atoms with Crippen LogP contribution in [0, 0.1) is 119 Å². The second kappa shape index (κ2) is 39.7. The Morgan fingerprint density at radius 3 is 0.913 bits per heavy atom. The van der Waals surface area contributed by atoms with E-state index in [4.69, 9.17) is 63.6 Å². The number of pyridine rings is 9. The number of rotatable bonds is 15. The van der Waals surface area contributed by atoms with Crippen LogP contribution in [0.3, 0.4) is 0 Å². The van der Waals surface area contributed by atoms with Crippen LogP contribution in [0.4, 0.5) is 82.4 Å². The number of hydrogen-bond donors (Lipinski definition) is 3. The fourth-order valence-corrected chi connectivity index (χ4v) is 18.4. The van der Waals surface area contributed by atoms with Crippen LogP contribution >= 0.6 is 46.4 Å². The van der Waals surface area contributed by atoms with Crippen LogP contribution in [0.25, 0.3) is 83.9 Å². The highest BCUT2D eigenvalue weighted by molar-refractivity contribution is 6.36. The third kappa shape index (κ3) is 17.4. The molecule has 3 fully saturated rings. The molecule has 9 aromatic heterocycles. The van der Waals surface area contributed by atoms with Gasteiger partial charge in [-0.1, -0.05) is 108 Å². The largest absolute Gasteiger partial charge is 0.397 e. The number of carbonyl (C=O) groups excluding carboxylic acids is 3. The van der Waals surface area contributed by atoms with Crippen molar-refractivity contribution in [2.24, 2.45) is 0 Å². The molecule has 42 heteroatoms. The summed E-state index contributed by atoms with van der Waals surface area (Å²) in [7, 11) is 0. The molecular formula is C96H84Cl4F11N21O6. The highest BCUT2D eigenvalue weighted by Crippen LogP contribution is 2.48. The second-order valence-electron chi connectivity index (χ2n) is 33.8. The van der Waals surface area contributed by atoms with Crippen molar-refractivity contribution in [3.05, 3.63) is 259 Å². The van der Waals surface area contributed by atoms with Crippen molar-refractivity contribution < 1.29 is 62.7 Å². The summed E-state index contributed by atoms with van der Waals surface area (Å²) >= 11 is 25.8. The predicted octanol–water partition coefficient (Wildman–Crippen LogP) is 17.8. The Labute approximate surface area is 800 Å². The van der Waals surface area contributed by atoms with Crippen LogP contribution in [-0.2, 0) is 14.4 Å². The zero-order valence-electron chi connectivity index (χ0n) is 75.8. The van der Waals surface area contributed by atoms with Gasteiger partial charge in [0.15, 0.2) is 64.0 Å². The van der Waals surface area contributed by atoms with Crippen LogP contribution in [0.1, 0.15) is 131 Å². The van der Waals surface area contributed by atoms with Gasteiger partial charge >= 0.3 is 0 Å². The van der Waals surface area contributed by atoms with Crippen LogP contribution in [0.2, 0.25) is 20.1 Å². The van der Waals surface area contributed by atoms with Gasteiger partial charge in [-0.25, -0.2) is 63.2 Å². The molecule has 3 aliphatic heterocycles. The molecule has 12 aromatic rings. The van der Waals surface area contributed by atoms with Gasteiger partial charge in [-0.05, 0) is 131 Å². The Balaban J connectivity index is 0.000000175. The van der Waals surface area contributed by atoms with Crippen molar-refractivity contribution in [1.29, 1.82) is 15.8 Å². The van der Waals surface area contributed by atoms with Gasteiger partial charge in [-0.3, -0.25) is 57.4 Å². The fraction of sp³-hybridized carbons (Fsp3) is 0.281. The lowest BCUT2D eigenvalue weighted by atomic mass is 10.0. The van der Waals surface area contributed by atoms with Gasteiger partial charge in [0.1, 0.15) is 68.2 Å². The molecule has 0 radical (unpaired) electrons. The number of aryl methyl sites for hydroxylation is 3. The van der Waals surface area contributed by atoms with Gasteiger partial charge in [-0.2, -0.15) is 15.8 Å². The second-order valence-corrected chi connectivity index (χ2v) is 35.4. The number of piperazine rings is 3. The zero-order valence-corrected chi connectivity index (χ0v) is 78.8. The molecule has 3 atom stereocenters. The summed E-state index contributed by atoms with van der Waals surface area (Å²) in [6.45, 7) is 34.3. The van der Waals surface area contributed by atoms with Crippen LogP contribution in [-0.4, -0.2) is 153 Å². The Morgan fingerprint density at radius 2 is 0.659 bits per heavy atom. The van der Waals surface area contributed by atoms with Crippen molar-refractivity contribution in [3.8, 4) is 69.0 Å². The summed E-state index contributed by atoms with van der Waals surface area (Å²) in [6, 6.07) is 13.8. The molecule has 0 unspecified atom stereocenters. The van der Waals surface area contributed by atoms with Crippen LogP contribution in [0.15, 0.2) is 107 Å². The van der Waals surface area contributed by atoms with E-state index in [0.29, 0.717) is 39.5 Å². The number of nitriles is 3. The Morgan fingerprint density at radius 1 is 0.399 bits per heavy atom. The van der Waals surface area contributed by atoms with E-state index in [-0.39, 0.29) is 196 Å². The molecule has 714 valence electrons. The first-order chi connectivity index (χ1) is 65.2. The fourth-order valence-electron chi connectivity index (χ4n) is 17.5. The summed E-state index contributed by atoms with van der Waals surface area (Å²) in [5.74, 6) is -21.7. The lowest BCUT2D eigenvalue weighted by Crippen LogP contribution is -2.54. The van der Waals surface area contributed by atoms with E-state index in [2.05, 4.69) is 49.6 Å². The normalized spacial score (nSPS) is 15.0. The molecule has 0 bridgehead atoms. The van der Waals surface area contributed by atoms with Gasteiger partial charge in [-0.15, -0.1) is 0 Å². The number of nitrogens with zero attached hydrogens (tertiary/aromatic N) is 18. The topological polar surface area (TPSA) is 363 Å². The maximum absolute atomic E-state index is 15.3. The minimum Gasteiger partial charge on any atom is -0.397 e. The summed E-state index contributed by atoms with van der Waals surface area (Å²) < 4.78 is 166. The molecule has 3 amide bonds. The summed E-state index contributed by atoms with van der Waals surface area (Å²) in [5, 5.41) is 29.8. The van der Waals surface area contributed by atoms with Gasteiger partial charge < -0.3 is 46.6 Å². The van der Waals surface area contributed by atoms with Crippen molar-refractivity contribution in [1.82, 2.24) is 58.3 Å². The first kappa shape index (κ1) is 101. The molecule has 3 aromatic carbocycles. The molecule has 138 heavy (non-hydrogen) atoms. The standard InChI is InChI=1S/C32H28Cl2F3N7O2.2C32H28ClF4N7O2/c1-6-20(45)43-10-9-42(13-16(43)5)30-17-11-19(33)28(21-23(35)25(37)24(36)22(34)26(21)39)41-31(17)44(32(46)18(30)12-38)29-15(4)7-8-40-27(29)14(2)3;2*1-6-20(45)43-10-9-42(13-16(43)5)30-17-11-19(33)28(21-22(34)24(36)25(37)26(39)23(21)35)41-31(17)44(32(46)18(30)12-38)29-15(4)7-8-40-27(29)14(2)3/h3*6-8,11,14,16H,1,9-10,13,39H2,2-5H3/t3*16-/m111/s1. The number of carbonyl (C=O) groups is 3. The van der Waals surface area contributed by atoms with E-state index in [9.17, 15) is 70.9 Å². The number of aromatic nitrogens is 9. The molecule has 3 saturated heterocycles. The highest BCUT2D eigenvalue weighted by Gasteiger charge is 2.40. The van der Waals surface area contributed by atoms with Crippen molar-refractivity contribution in [3.63, 3.8) is 0 Å². The number of halogens is 15. The highest BCUT2D eigenvalue weighted by atomic mass is 35.5. The van der Waals surface area contributed by atoms with E-state index in [0.717, 1.165) is 9.13 Å². The van der Waals surface area contributed by atoms with Gasteiger partial charge in [0.25, 0.3) is 16.7 Å². The van der Waals surface area contributed by atoms with Gasteiger partial charge in [0.05, 0.1) is 106 Å². The number of hydrogen-bond acceptors (Lipinski definition) is 21. The molecule has 0 aliphatic carbocycles. The zero-order chi connectivity index (χ0) is 101. The molecular weight excluding hydrogens is 1890 g/mol. The van der Waals surface area contributed by atoms with E-state index >= 15 is 22.0 Å². The maximum Gasteiger partial charge on any atom is 0.276 e. The summed E-state index contributed by atoms with van der Waals surface area (Å²) in [5.41, 5.74) is 9.84. The number of anilines is 6. The van der Waals surface area contributed by atoms with Crippen LogP contribution < -0.4 is 48.6 Å². The molecule has 6 N–H and O–H groups in total. The van der Waals surface area contributed by atoms with Crippen molar-refractivity contribution in [2.45, 2.75) is 119 Å². The monoisotopic (exact) mass is 1980 g/mol. The predicted molar refractivity (Wildman–Crippen MR) is 506 cm³/mol. The quantitative estimate of drug-likeness (QED) is 0.0282. The Bertz CT molecular complexity index is 6780. The molecule has 27 nitrogen and oxygen atoms in total. The molecule has 0 spiro atoms. The Hall–Kier alpha value is -14.5. The molecule has 15 rings (SSSR count). The number of fused-ring (bicyclic) bond motifs is 3. The average molecular weight is 1980 g/mol. The van der Waals surface area contributed by atoms with Gasteiger partial charge in [0, 0.05) is 112 Å². The Kier molecular flexibility index (Phi) is 29.0. The minimum atomic E-state index is -2.03. The first-order valence-corrected chi connectivity index (χ1v) is 44.1. The third-order valence-corrected chi connectivity index (χ3v) is 25.4. The molecule has 12 heterocycles. The van der Waals surface area contributed by atoms with E-state index < -0.39 is 147 Å². The van der Waals surface area contributed by atoms with E-state index in [1.807, 2.05) is 66.7 Å². The lowest BCUT2D eigenvalue weighted by molar-refractivity contribution is -0.129. The lowest BCUT2D eigenvalue weighted by Gasteiger charge is -2.41. The van der Waals surface area contributed by atoms with Crippen molar-refractivity contribution in [2.75, 3.05) is 90.8 Å². The SMILES string of the molecule is C=CC(=O)N1CCN(c2c(C#N)c(=O)n(-c3c(C)ccnc3C(C)C)c3nc(-c4c(F)c(N)c(F)c(F)c4F)c(Cl)cc23)C[C@H]1C.C=CC(=O)N1CCN(c2c(C#N)c(=O)n(-c3c(C)ccnc3C(C)C)c3nc(-c4c(F)c(N)c(F)c(F)c4F)c(Cl)cc23)C[C@H]1C.C=CC(=O)N1CCN(c2c(C#N)c(=O)n(-c3c(C)ccnc3C(C)C)c3nc(-c4c(N)c(Cl)c(F)c(F)c4F)c(Cl)cc23)C[C@H]1C. The van der Waals surface area contributed by atoms with Gasteiger partial charge in [0.2, 0.25) is 17.7 Å². The van der Waals surface area contributed by atoms with E-state index in [1.54, 1.807) is 101 Å². The smallest absolute Gasteiger partial charge is 0.276 e. The minimum absolute atomic E-state index is 0.0756. The van der Waals surface area contributed by atoms with Crippen LogP contribution in [0.5, 0.6) is 0 Å². The van der Waals surface area contributed by atoms with Crippen molar-refractivity contribution >= 4 is 131 Å². The average Bonchev–Trinajstić information content (AvgIpc) is 0.726. The third-order valence-electron chi connectivity index (χ3n) is 24.2. The summed E-state index contributed by atoms with van der Waals surface area (Å²) in [6.07, 6.45) is 8.29. The van der Waals surface area contributed by atoms with E-state index in [1.165, 1.54) is 41.0 Å². The number of nitrogens with two attached hydrogens (primary N) is 3. The number of nitrogen functional groups attached to an aromatic ring is 3. The molecule has 0 saturated carbocycles.